The van der Waals surface area contributed by atoms with Crippen LogP contribution in [0.1, 0.15) is 18.9 Å². The zero-order valence-electron chi connectivity index (χ0n) is 11.6. The lowest BCUT2D eigenvalue weighted by Crippen LogP contribution is -2.45. The highest BCUT2D eigenvalue weighted by atomic mass is 19.1. The first-order chi connectivity index (χ1) is 9.11. The Morgan fingerprint density at radius 2 is 2.26 bits per heavy atom. The van der Waals surface area contributed by atoms with E-state index in [-0.39, 0.29) is 6.04 Å². The van der Waals surface area contributed by atoms with Crippen LogP contribution in [0, 0.1) is 0 Å². The number of methoxy groups -OCH3 is 1. The minimum absolute atomic E-state index is 0.0958. The highest BCUT2D eigenvalue weighted by Gasteiger charge is 2.30. The molecule has 0 aliphatic carbocycles. The normalized spacial score (nSPS) is 22.8. The fourth-order valence-corrected chi connectivity index (χ4v) is 2.58. The molecule has 0 radical (unpaired) electrons. The van der Waals surface area contributed by atoms with E-state index in [1.165, 1.54) is 0 Å². The second-order valence-corrected chi connectivity index (χ2v) is 5.33. The Morgan fingerprint density at radius 3 is 2.95 bits per heavy atom. The van der Waals surface area contributed by atoms with Crippen molar-refractivity contribution in [2.24, 2.45) is 0 Å². The first kappa shape index (κ1) is 14.3. The number of para-hydroxylation sites is 1. The van der Waals surface area contributed by atoms with Gasteiger partial charge in [-0.15, -0.1) is 0 Å². The number of halogens is 1. The summed E-state index contributed by atoms with van der Waals surface area (Å²) in [6, 6.07) is 7.69. The van der Waals surface area contributed by atoms with Crippen molar-refractivity contribution in [3.63, 3.8) is 0 Å². The van der Waals surface area contributed by atoms with E-state index in [2.05, 4.69) is 5.32 Å². The largest absolute Gasteiger partial charge is 0.496 e. The van der Waals surface area contributed by atoms with E-state index in [4.69, 9.17) is 9.47 Å². The van der Waals surface area contributed by atoms with Gasteiger partial charge in [-0.2, -0.15) is 0 Å². The van der Waals surface area contributed by atoms with Gasteiger partial charge in [-0.1, -0.05) is 18.2 Å². The number of alkyl halides is 1. The van der Waals surface area contributed by atoms with Crippen molar-refractivity contribution in [1.29, 1.82) is 0 Å². The quantitative estimate of drug-likeness (QED) is 0.888. The number of ether oxygens (including phenoxy) is 2. The molecule has 0 amide bonds. The third kappa shape index (κ3) is 4.18. The van der Waals surface area contributed by atoms with Crippen LogP contribution in [0.2, 0.25) is 0 Å². The van der Waals surface area contributed by atoms with Crippen molar-refractivity contribution in [3.05, 3.63) is 29.8 Å². The molecule has 0 aromatic heterocycles. The van der Waals surface area contributed by atoms with E-state index in [0.717, 1.165) is 17.9 Å². The summed E-state index contributed by atoms with van der Waals surface area (Å²) in [6.45, 7) is 3.75. The molecule has 2 unspecified atom stereocenters. The van der Waals surface area contributed by atoms with Crippen LogP contribution in [0.25, 0.3) is 0 Å². The van der Waals surface area contributed by atoms with Crippen molar-refractivity contribution in [3.8, 4) is 5.75 Å². The molecule has 1 fully saturated rings. The third-order valence-electron chi connectivity index (χ3n) is 3.42. The molecule has 1 aromatic rings. The Morgan fingerprint density at radius 1 is 1.47 bits per heavy atom. The van der Waals surface area contributed by atoms with E-state index in [1.807, 2.05) is 24.3 Å². The number of hydrogen-bond donors (Lipinski definition) is 1. The summed E-state index contributed by atoms with van der Waals surface area (Å²) in [5, 5.41) is 3.29. The van der Waals surface area contributed by atoms with E-state index in [0.29, 0.717) is 26.1 Å². The van der Waals surface area contributed by atoms with Crippen molar-refractivity contribution in [2.45, 2.75) is 31.5 Å². The van der Waals surface area contributed by atoms with Crippen LogP contribution in [0.15, 0.2) is 24.3 Å². The lowest BCUT2D eigenvalue weighted by Gasteiger charge is -2.30. The molecular formula is C15H22FNO2. The van der Waals surface area contributed by atoms with Crippen LogP contribution in [0.4, 0.5) is 4.39 Å². The van der Waals surface area contributed by atoms with Crippen LogP contribution in [-0.2, 0) is 11.2 Å². The fourth-order valence-electron chi connectivity index (χ4n) is 2.58. The summed E-state index contributed by atoms with van der Waals surface area (Å²) < 4.78 is 25.4. The molecule has 106 valence electrons. The standard InChI is InChI=1S/C15H22FNO2/c1-15(16,10-13-11-19-8-7-17-13)9-12-5-3-4-6-14(12)18-2/h3-6,13,17H,7-11H2,1-2H3. The molecule has 0 spiro atoms. The molecule has 1 saturated heterocycles. The molecule has 1 aromatic carbocycles. The summed E-state index contributed by atoms with van der Waals surface area (Å²) in [7, 11) is 1.62. The molecule has 0 bridgehead atoms. The van der Waals surface area contributed by atoms with Crippen LogP contribution in [0.5, 0.6) is 5.75 Å². The minimum atomic E-state index is -1.27. The van der Waals surface area contributed by atoms with Gasteiger partial charge in [-0.05, 0) is 25.0 Å². The van der Waals surface area contributed by atoms with Gasteiger partial charge >= 0.3 is 0 Å². The number of morpholine rings is 1. The number of benzene rings is 1. The lowest BCUT2D eigenvalue weighted by molar-refractivity contribution is 0.0482. The van der Waals surface area contributed by atoms with E-state index in [1.54, 1.807) is 14.0 Å². The smallest absolute Gasteiger partial charge is 0.122 e. The SMILES string of the molecule is COc1ccccc1CC(C)(F)CC1COCCN1. The van der Waals surface area contributed by atoms with Gasteiger partial charge < -0.3 is 14.8 Å². The number of rotatable bonds is 5. The van der Waals surface area contributed by atoms with Gasteiger partial charge in [-0.3, -0.25) is 0 Å². The van der Waals surface area contributed by atoms with Gasteiger partial charge in [0.2, 0.25) is 0 Å². The van der Waals surface area contributed by atoms with Crippen molar-refractivity contribution < 1.29 is 13.9 Å². The Balaban J connectivity index is 1.99. The maximum Gasteiger partial charge on any atom is 0.122 e. The van der Waals surface area contributed by atoms with Gasteiger partial charge in [0.15, 0.2) is 0 Å². The molecule has 1 aliphatic heterocycles. The topological polar surface area (TPSA) is 30.5 Å². The molecule has 1 aliphatic rings. The molecule has 2 rings (SSSR count). The summed E-state index contributed by atoms with van der Waals surface area (Å²) >= 11 is 0. The molecule has 1 N–H and O–H groups in total. The van der Waals surface area contributed by atoms with Crippen LogP contribution < -0.4 is 10.1 Å². The van der Waals surface area contributed by atoms with E-state index in [9.17, 15) is 4.39 Å². The highest BCUT2D eigenvalue weighted by Crippen LogP contribution is 2.28. The molecule has 4 heteroatoms. The Hall–Kier alpha value is -1.13. The van der Waals surface area contributed by atoms with Crippen molar-refractivity contribution >= 4 is 0 Å². The third-order valence-corrected chi connectivity index (χ3v) is 3.42. The second kappa shape index (κ2) is 6.35. The van der Waals surface area contributed by atoms with Crippen LogP contribution in [-0.4, -0.2) is 38.6 Å². The Bertz CT molecular complexity index is 403. The molecular weight excluding hydrogens is 245 g/mol. The zero-order chi connectivity index (χ0) is 13.7. The molecule has 3 nitrogen and oxygen atoms in total. The summed E-state index contributed by atoms with van der Waals surface area (Å²) in [6.07, 6.45) is 0.806. The monoisotopic (exact) mass is 267 g/mol. The number of hydrogen-bond acceptors (Lipinski definition) is 3. The summed E-state index contributed by atoms with van der Waals surface area (Å²) in [5.74, 6) is 0.749. The minimum Gasteiger partial charge on any atom is -0.496 e. The zero-order valence-corrected chi connectivity index (χ0v) is 11.6. The summed E-state index contributed by atoms with van der Waals surface area (Å²) in [5.41, 5.74) is -0.362. The first-order valence-electron chi connectivity index (χ1n) is 6.73. The summed E-state index contributed by atoms with van der Waals surface area (Å²) in [4.78, 5) is 0. The van der Waals surface area contributed by atoms with Crippen molar-refractivity contribution in [2.75, 3.05) is 26.9 Å². The Kier molecular flexibility index (Phi) is 4.77. The van der Waals surface area contributed by atoms with Gasteiger partial charge in [-0.25, -0.2) is 4.39 Å². The predicted octanol–water partition coefficient (Wildman–Crippen LogP) is 2.34. The van der Waals surface area contributed by atoms with Crippen LogP contribution >= 0.6 is 0 Å². The predicted molar refractivity (Wildman–Crippen MR) is 73.4 cm³/mol. The van der Waals surface area contributed by atoms with Gasteiger partial charge in [0.25, 0.3) is 0 Å². The molecule has 1 heterocycles. The average Bonchev–Trinajstić information content (AvgIpc) is 2.39. The van der Waals surface area contributed by atoms with Crippen molar-refractivity contribution in [1.82, 2.24) is 5.32 Å². The van der Waals surface area contributed by atoms with Gasteiger partial charge in [0.1, 0.15) is 11.4 Å². The maximum absolute atomic E-state index is 14.7. The van der Waals surface area contributed by atoms with E-state index >= 15 is 0 Å². The first-order valence-corrected chi connectivity index (χ1v) is 6.73. The number of nitrogens with one attached hydrogen (secondary N) is 1. The highest BCUT2D eigenvalue weighted by molar-refractivity contribution is 5.34. The Labute approximate surface area is 114 Å². The van der Waals surface area contributed by atoms with E-state index < -0.39 is 5.67 Å². The second-order valence-electron chi connectivity index (χ2n) is 5.33. The molecule has 0 saturated carbocycles. The van der Waals surface area contributed by atoms with Crippen LogP contribution in [0.3, 0.4) is 0 Å². The molecule has 2 atom stereocenters. The van der Waals surface area contributed by atoms with Gasteiger partial charge in [0, 0.05) is 19.0 Å². The van der Waals surface area contributed by atoms with Gasteiger partial charge in [0.05, 0.1) is 20.3 Å². The fraction of sp³-hybridized carbons (Fsp3) is 0.600. The maximum atomic E-state index is 14.7. The molecule has 19 heavy (non-hydrogen) atoms. The average molecular weight is 267 g/mol. The lowest BCUT2D eigenvalue weighted by atomic mass is 9.91.